The minimum Gasteiger partial charge on any atom is -0.310 e. The molecule has 0 spiro atoms. The van der Waals surface area contributed by atoms with Gasteiger partial charge in [0, 0.05) is 47.9 Å². The highest BCUT2D eigenvalue weighted by Crippen LogP contribution is 2.46. The van der Waals surface area contributed by atoms with E-state index in [1.807, 2.05) is 11.3 Å². The van der Waals surface area contributed by atoms with Gasteiger partial charge in [0.05, 0.1) is 22.4 Å². The van der Waals surface area contributed by atoms with Crippen molar-refractivity contribution < 1.29 is 0 Å². The lowest BCUT2D eigenvalue weighted by atomic mass is 9.97. The lowest BCUT2D eigenvalue weighted by Gasteiger charge is -2.27. The molecule has 0 fully saturated rings. The number of benzene rings is 10. The summed E-state index contributed by atoms with van der Waals surface area (Å²) in [5.41, 5.74) is 16.5. The van der Waals surface area contributed by atoms with E-state index in [1.54, 1.807) is 0 Å². The van der Waals surface area contributed by atoms with Gasteiger partial charge in [-0.1, -0.05) is 176 Å². The van der Waals surface area contributed by atoms with Crippen LogP contribution in [0.2, 0.25) is 0 Å². The van der Waals surface area contributed by atoms with Crippen LogP contribution in [0.15, 0.2) is 243 Å². The Morgan fingerprint density at radius 2 is 0.778 bits per heavy atom. The molecule has 63 heavy (non-hydrogen) atoms. The Morgan fingerprint density at radius 1 is 0.317 bits per heavy atom. The quantitative estimate of drug-likeness (QED) is 0.148. The summed E-state index contributed by atoms with van der Waals surface area (Å²) in [6, 6.07) is 88.3. The summed E-state index contributed by atoms with van der Waals surface area (Å²) in [5, 5.41) is 5.08. The van der Waals surface area contributed by atoms with Gasteiger partial charge in [-0.15, -0.1) is 11.3 Å². The third-order valence-electron chi connectivity index (χ3n) is 12.4. The summed E-state index contributed by atoms with van der Waals surface area (Å²) >= 11 is 1.85. The number of hydrogen-bond donors (Lipinski definition) is 0. The minimum absolute atomic E-state index is 1.11. The Bertz CT molecular complexity index is 3550. The van der Waals surface area contributed by atoms with E-state index in [0.717, 1.165) is 11.4 Å². The number of hydrogen-bond acceptors (Lipinski definition) is 2. The Morgan fingerprint density at radius 3 is 1.44 bits per heavy atom. The van der Waals surface area contributed by atoms with Crippen LogP contribution in [0.4, 0.5) is 17.1 Å². The van der Waals surface area contributed by atoms with Gasteiger partial charge in [0.1, 0.15) is 0 Å². The molecule has 10 aromatic carbocycles. The maximum absolute atomic E-state index is 2.42. The number of anilines is 3. The predicted octanol–water partition coefficient (Wildman–Crippen LogP) is 17.3. The van der Waals surface area contributed by atoms with Crippen LogP contribution in [0.5, 0.6) is 0 Å². The number of fused-ring (bicyclic) bond motifs is 6. The molecule has 2 heterocycles. The summed E-state index contributed by atoms with van der Waals surface area (Å²) in [6.07, 6.45) is 0. The van der Waals surface area contributed by atoms with E-state index in [4.69, 9.17) is 0 Å². The fourth-order valence-corrected chi connectivity index (χ4v) is 10.5. The third kappa shape index (κ3) is 6.50. The number of thiophene rings is 1. The summed E-state index contributed by atoms with van der Waals surface area (Å²) in [4.78, 5) is 2.42. The first-order valence-electron chi connectivity index (χ1n) is 21.5. The fourth-order valence-electron chi connectivity index (χ4n) is 9.42. The van der Waals surface area contributed by atoms with Crippen molar-refractivity contribution in [3.8, 4) is 50.2 Å². The molecule has 0 bridgehead atoms. The molecule has 296 valence electrons. The molecular weight excluding hydrogens is 781 g/mol. The van der Waals surface area contributed by atoms with Crippen molar-refractivity contribution >= 4 is 70.4 Å². The van der Waals surface area contributed by atoms with Gasteiger partial charge >= 0.3 is 0 Å². The van der Waals surface area contributed by atoms with Crippen molar-refractivity contribution in [2.75, 3.05) is 4.90 Å². The number of aromatic nitrogens is 1. The van der Waals surface area contributed by atoms with Crippen molar-refractivity contribution in [2.24, 2.45) is 0 Å². The Kier molecular flexibility index (Phi) is 9.06. The van der Waals surface area contributed by atoms with Crippen LogP contribution in [-0.4, -0.2) is 4.57 Å². The highest BCUT2D eigenvalue weighted by molar-refractivity contribution is 7.26. The first kappa shape index (κ1) is 36.8. The lowest BCUT2D eigenvalue weighted by molar-refractivity contribution is 1.18. The molecule has 0 aliphatic rings. The Labute approximate surface area is 370 Å². The molecule has 2 nitrogen and oxygen atoms in total. The van der Waals surface area contributed by atoms with Gasteiger partial charge in [-0.2, -0.15) is 0 Å². The second-order valence-corrected chi connectivity index (χ2v) is 17.2. The average molecular weight is 821 g/mol. The molecule has 0 atom stereocenters. The monoisotopic (exact) mass is 820 g/mol. The Hall–Kier alpha value is -7.98. The maximum Gasteiger partial charge on any atom is 0.0554 e. The van der Waals surface area contributed by atoms with E-state index in [1.165, 1.54) is 97.9 Å². The van der Waals surface area contributed by atoms with Crippen LogP contribution in [0.1, 0.15) is 0 Å². The molecule has 12 rings (SSSR count). The fraction of sp³-hybridized carbons (Fsp3) is 0. The molecule has 0 saturated heterocycles. The molecule has 2 aromatic heterocycles. The molecule has 0 saturated carbocycles. The normalized spacial score (nSPS) is 11.5. The number of nitrogens with zero attached hydrogens (tertiary/aromatic N) is 2. The van der Waals surface area contributed by atoms with E-state index in [2.05, 4.69) is 252 Å². The second kappa shape index (κ2) is 15.5. The van der Waals surface area contributed by atoms with Gasteiger partial charge in [0.15, 0.2) is 0 Å². The smallest absolute Gasteiger partial charge is 0.0554 e. The molecule has 0 amide bonds. The molecule has 0 unspecified atom stereocenters. The standard InChI is InChI=1S/C60H40N2S/c1-2-14-41(15-3-1)42-28-30-43(31-29-42)44-32-36-48(37-33-44)61(57-25-13-27-59-60(57)53-21-7-11-26-58(53)63-59)49-38-34-45(35-39-49)46-16-12-17-47(40-46)50-18-4-8-22-54(50)62-55-23-9-5-19-51(55)52-20-6-10-24-56(52)62/h1-40H. The summed E-state index contributed by atoms with van der Waals surface area (Å²) < 4.78 is 4.99. The van der Waals surface area contributed by atoms with Crippen molar-refractivity contribution in [1.29, 1.82) is 0 Å². The van der Waals surface area contributed by atoms with Crippen molar-refractivity contribution in [2.45, 2.75) is 0 Å². The molecule has 12 aromatic rings. The second-order valence-electron chi connectivity index (χ2n) is 16.1. The van der Waals surface area contributed by atoms with Crippen LogP contribution in [0.3, 0.4) is 0 Å². The van der Waals surface area contributed by atoms with Gasteiger partial charge < -0.3 is 9.47 Å². The average Bonchev–Trinajstić information content (AvgIpc) is 3.91. The lowest BCUT2D eigenvalue weighted by Crippen LogP contribution is -2.10. The molecule has 3 heteroatoms. The van der Waals surface area contributed by atoms with Crippen molar-refractivity contribution in [3.63, 3.8) is 0 Å². The van der Waals surface area contributed by atoms with Gasteiger partial charge in [0.25, 0.3) is 0 Å². The Balaban J connectivity index is 0.927. The summed E-state index contributed by atoms with van der Waals surface area (Å²) in [7, 11) is 0. The molecule has 0 aliphatic carbocycles. The van der Waals surface area contributed by atoms with Gasteiger partial charge in [-0.05, 0) is 106 Å². The third-order valence-corrected chi connectivity index (χ3v) is 13.6. The van der Waals surface area contributed by atoms with E-state index in [-0.39, 0.29) is 0 Å². The van der Waals surface area contributed by atoms with Gasteiger partial charge in [0.2, 0.25) is 0 Å². The SMILES string of the molecule is c1ccc(-c2ccc(-c3ccc(N(c4ccc(-c5cccc(-c6ccccc6-n6c7ccccc7c7ccccc76)c5)cc4)c4cccc5sc6ccccc6c45)cc3)cc2)cc1. The largest absolute Gasteiger partial charge is 0.310 e. The highest BCUT2D eigenvalue weighted by Gasteiger charge is 2.20. The summed E-state index contributed by atoms with van der Waals surface area (Å²) in [6.45, 7) is 0. The van der Waals surface area contributed by atoms with Crippen molar-refractivity contribution in [1.82, 2.24) is 4.57 Å². The maximum atomic E-state index is 2.42. The zero-order valence-electron chi connectivity index (χ0n) is 34.4. The number of para-hydroxylation sites is 3. The van der Waals surface area contributed by atoms with Crippen LogP contribution in [0.25, 0.3) is 92.2 Å². The van der Waals surface area contributed by atoms with E-state index < -0.39 is 0 Å². The van der Waals surface area contributed by atoms with E-state index >= 15 is 0 Å². The molecule has 0 radical (unpaired) electrons. The molecule has 0 aliphatic heterocycles. The van der Waals surface area contributed by atoms with Crippen molar-refractivity contribution in [3.05, 3.63) is 243 Å². The first-order chi connectivity index (χ1) is 31.2. The summed E-state index contributed by atoms with van der Waals surface area (Å²) in [5.74, 6) is 0. The van der Waals surface area contributed by atoms with Crippen LogP contribution in [-0.2, 0) is 0 Å². The van der Waals surface area contributed by atoms with E-state index in [0.29, 0.717) is 0 Å². The molecule has 0 N–H and O–H groups in total. The number of rotatable bonds is 8. The predicted molar refractivity (Wildman–Crippen MR) is 270 cm³/mol. The minimum atomic E-state index is 1.11. The van der Waals surface area contributed by atoms with Gasteiger partial charge in [-0.25, -0.2) is 0 Å². The highest BCUT2D eigenvalue weighted by atomic mass is 32.1. The zero-order chi connectivity index (χ0) is 41.7. The first-order valence-corrected chi connectivity index (χ1v) is 22.3. The topological polar surface area (TPSA) is 8.17 Å². The zero-order valence-corrected chi connectivity index (χ0v) is 35.2. The molecular formula is C60H40N2S. The van der Waals surface area contributed by atoms with Gasteiger partial charge in [-0.3, -0.25) is 0 Å². The van der Waals surface area contributed by atoms with Crippen LogP contribution in [0, 0.1) is 0 Å². The van der Waals surface area contributed by atoms with Crippen LogP contribution >= 0.6 is 11.3 Å². The van der Waals surface area contributed by atoms with E-state index in [9.17, 15) is 0 Å². The van der Waals surface area contributed by atoms with Crippen LogP contribution < -0.4 is 4.90 Å².